The van der Waals surface area contributed by atoms with Crippen LogP contribution in [0.5, 0.6) is 5.88 Å². The molecule has 0 saturated carbocycles. The molecule has 6 heteroatoms. The number of para-hydroxylation sites is 1. The summed E-state index contributed by atoms with van der Waals surface area (Å²) >= 11 is 0. The molecule has 0 aliphatic carbocycles. The summed E-state index contributed by atoms with van der Waals surface area (Å²) < 4.78 is 29.5. The molecule has 0 amide bonds. The number of benzene rings is 1. The maximum atomic E-state index is 13.0. The number of aromatic amines is 1. The lowest BCUT2D eigenvalue weighted by Gasteiger charge is -2.17. The zero-order valence-electron chi connectivity index (χ0n) is 12.0. The zero-order valence-corrected chi connectivity index (χ0v) is 12.9. The van der Waals surface area contributed by atoms with Crippen LogP contribution >= 0.6 is 7.60 Å². The van der Waals surface area contributed by atoms with E-state index in [9.17, 15) is 4.57 Å². The van der Waals surface area contributed by atoms with Gasteiger partial charge in [-0.3, -0.25) is 4.57 Å². The molecular formula is C14H20NO4P. The minimum Gasteiger partial charge on any atom is -0.479 e. The van der Waals surface area contributed by atoms with Crippen molar-refractivity contribution >= 4 is 23.8 Å². The molecule has 0 fully saturated rings. The standard InChI is InChI=1S/C14H20NO4P/c1-4-17-14-13(20(16,18-5-2)19-6-3)11-9-7-8-10-12(11)15-14/h7-10,15H,4-6H2,1-3H3. The van der Waals surface area contributed by atoms with Gasteiger partial charge in [0.1, 0.15) is 5.30 Å². The van der Waals surface area contributed by atoms with Crippen molar-refractivity contribution in [3.8, 4) is 5.88 Å². The third-order valence-electron chi connectivity index (χ3n) is 2.81. The maximum Gasteiger partial charge on any atom is 0.367 e. The Bertz CT molecular complexity index is 613. The molecule has 1 heterocycles. The Morgan fingerprint density at radius 2 is 1.70 bits per heavy atom. The molecule has 20 heavy (non-hydrogen) atoms. The van der Waals surface area contributed by atoms with E-state index in [4.69, 9.17) is 13.8 Å². The summed E-state index contributed by atoms with van der Waals surface area (Å²) in [6, 6.07) is 7.58. The smallest absolute Gasteiger partial charge is 0.367 e. The molecule has 0 spiro atoms. The number of aromatic nitrogens is 1. The van der Waals surface area contributed by atoms with Gasteiger partial charge in [-0.05, 0) is 26.8 Å². The average Bonchev–Trinajstić information content (AvgIpc) is 2.78. The lowest BCUT2D eigenvalue weighted by Crippen LogP contribution is -2.13. The Labute approximate surface area is 118 Å². The van der Waals surface area contributed by atoms with E-state index < -0.39 is 7.60 Å². The van der Waals surface area contributed by atoms with E-state index >= 15 is 0 Å². The number of hydrogen-bond acceptors (Lipinski definition) is 4. The molecule has 0 radical (unpaired) electrons. The maximum absolute atomic E-state index is 13.0. The highest BCUT2D eigenvalue weighted by atomic mass is 31.2. The lowest BCUT2D eigenvalue weighted by atomic mass is 10.2. The van der Waals surface area contributed by atoms with E-state index in [2.05, 4.69) is 4.98 Å². The minimum atomic E-state index is -3.39. The predicted octanol–water partition coefficient (Wildman–Crippen LogP) is 3.46. The first-order valence-corrected chi connectivity index (χ1v) is 8.33. The van der Waals surface area contributed by atoms with Crippen LogP contribution in [-0.4, -0.2) is 24.8 Å². The first-order valence-electron chi connectivity index (χ1n) is 6.79. The van der Waals surface area contributed by atoms with Gasteiger partial charge in [-0.25, -0.2) is 0 Å². The van der Waals surface area contributed by atoms with E-state index in [1.165, 1.54) is 0 Å². The quantitative estimate of drug-likeness (QED) is 0.795. The second-order valence-corrected chi connectivity index (χ2v) is 6.07. The van der Waals surface area contributed by atoms with Gasteiger partial charge in [-0.1, -0.05) is 18.2 Å². The molecule has 2 aromatic rings. The van der Waals surface area contributed by atoms with Crippen LogP contribution in [0.1, 0.15) is 20.8 Å². The lowest BCUT2D eigenvalue weighted by molar-refractivity contribution is 0.229. The summed E-state index contributed by atoms with van der Waals surface area (Å²) in [5, 5.41) is 1.29. The molecule has 0 aliphatic rings. The van der Waals surface area contributed by atoms with Crippen molar-refractivity contribution in [1.82, 2.24) is 4.98 Å². The van der Waals surface area contributed by atoms with E-state index in [0.29, 0.717) is 31.0 Å². The molecule has 0 bridgehead atoms. The highest BCUT2D eigenvalue weighted by Crippen LogP contribution is 2.51. The van der Waals surface area contributed by atoms with Crippen LogP contribution in [-0.2, 0) is 13.6 Å². The molecule has 0 saturated heterocycles. The number of hydrogen-bond donors (Lipinski definition) is 1. The molecule has 0 atom stereocenters. The van der Waals surface area contributed by atoms with Gasteiger partial charge in [0.15, 0.2) is 0 Å². The number of nitrogens with one attached hydrogen (secondary N) is 1. The molecule has 0 unspecified atom stereocenters. The molecule has 2 rings (SSSR count). The van der Waals surface area contributed by atoms with Gasteiger partial charge >= 0.3 is 7.60 Å². The number of ether oxygens (including phenoxy) is 1. The molecule has 1 aromatic heterocycles. The fourth-order valence-electron chi connectivity index (χ4n) is 2.13. The Morgan fingerprint density at radius 3 is 2.30 bits per heavy atom. The monoisotopic (exact) mass is 297 g/mol. The highest BCUT2D eigenvalue weighted by Gasteiger charge is 2.34. The van der Waals surface area contributed by atoms with Gasteiger partial charge in [-0.15, -0.1) is 0 Å². The van der Waals surface area contributed by atoms with E-state index in [-0.39, 0.29) is 0 Å². The van der Waals surface area contributed by atoms with Crippen molar-refractivity contribution in [1.29, 1.82) is 0 Å². The molecule has 0 aliphatic heterocycles. The van der Waals surface area contributed by atoms with Crippen LogP contribution in [0.25, 0.3) is 10.9 Å². The van der Waals surface area contributed by atoms with E-state index in [0.717, 1.165) is 10.9 Å². The largest absolute Gasteiger partial charge is 0.479 e. The minimum absolute atomic E-state index is 0.308. The Hall–Kier alpha value is -1.29. The first kappa shape index (κ1) is 15.1. The van der Waals surface area contributed by atoms with Crippen LogP contribution in [0.3, 0.4) is 0 Å². The second kappa shape index (κ2) is 6.44. The average molecular weight is 297 g/mol. The van der Waals surface area contributed by atoms with Gasteiger partial charge in [0.2, 0.25) is 5.88 Å². The topological polar surface area (TPSA) is 60.6 Å². The fourth-order valence-corrected chi connectivity index (χ4v) is 4.00. The zero-order chi connectivity index (χ0) is 14.6. The van der Waals surface area contributed by atoms with Crippen molar-refractivity contribution in [2.45, 2.75) is 20.8 Å². The highest BCUT2D eigenvalue weighted by molar-refractivity contribution is 7.63. The Morgan fingerprint density at radius 1 is 1.05 bits per heavy atom. The normalized spacial score (nSPS) is 11.9. The van der Waals surface area contributed by atoms with Gasteiger partial charge in [-0.2, -0.15) is 0 Å². The van der Waals surface area contributed by atoms with Crippen LogP contribution in [0.4, 0.5) is 0 Å². The van der Waals surface area contributed by atoms with Crippen molar-refractivity contribution in [3.63, 3.8) is 0 Å². The number of H-pyrrole nitrogens is 1. The van der Waals surface area contributed by atoms with Gasteiger partial charge < -0.3 is 18.8 Å². The van der Waals surface area contributed by atoms with Crippen LogP contribution in [0.15, 0.2) is 24.3 Å². The summed E-state index contributed by atoms with van der Waals surface area (Å²) in [7, 11) is -3.39. The number of rotatable bonds is 7. The third-order valence-corrected chi connectivity index (χ3v) is 4.99. The van der Waals surface area contributed by atoms with Crippen LogP contribution in [0, 0.1) is 0 Å². The molecule has 5 nitrogen and oxygen atoms in total. The molecule has 1 N–H and O–H groups in total. The molecular weight excluding hydrogens is 277 g/mol. The van der Waals surface area contributed by atoms with Crippen LogP contribution < -0.4 is 10.0 Å². The van der Waals surface area contributed by atoms with E-state index in [1.807, 2.05) is 31.2 Å². The van der Waals surface area contributed by atoms with Gasteiger partial charge in [0, 0.05) is 10.9 Å². The summed E-state index contributed by atoms with van der Waals surface area (Å²) in [5.41, 5.74) is 0.852. The van der Waals surface area contributed by atoms with Crippen molar-refractivity contribution in [2.75, 3.05) is 19.8 Å². The summed E-state index contributed by atoms with van der Waals surface area (Å²) in [5.74, 6) is 0.457. The van der Waals surface area contributed by atoms with Gasteiger partial charge in [0.25, 0.3) is 0 Å². The third kappa shape index (κ3) is 2.75. The summed E-state index contributed by atoms with van der Waals surface area (Å²) in [6.07, 6.45) is 0. The molecule has 1 aromatic carbocycles. The van der Waals surface area contributed by atoms with Crippen molar-refractivity contribution < 1.29 is 18.3 Å². The summed E-state index contributed by atoms with van der Waals surface area (Å²) in [4.78, 5) is 3.13. The fraction of sp³-hybridized carbons (Fsp3) is 0.429. The van der Waals surface area contributed by atoms with Gasteiger partial charge in [0.05, 0.1) is 19.8 Å². The Balaban J connectivity index is 2.65. The van der Waals surface area contributed by atoms with Crippen molar-refractivity contribution in [3.05, 3.63) is 24.3 Å². The Kier molecular flexibility index (Phi) is 4.86. The SMILES string of the molecule is CCOc1[nH]c2ccccc2c1P(=O)(OCC)OCC. The first-order chi connectivity index (χ1) is 9.66. The summed E-state index contributed by atoms with van der Waals surface area (Å²) in [6.45, 7) is 6.55. The molecule has 110 valence electrons. The second-order valence-electron chi connectivity index (χ2n) is 4.11. The van der Waals surface area contributed by atoms with Crippen molar-refractivity contribution in [2.24, 2.45) is 0 Å². The number of fused-ring (bicyclic) bond motifs is 1. The van der Waals surface area contributed by atoms with Crippen LogP contribution in [0.2, 0.25) is 0 Å². The van der Waals surface area contributed by atoms with E-state index in [1.54, 1.807) is 13.8 Å². The predicted molar refractivity (Wildman–Crippen MR) is 80.0 cm³/mol.